The smallest absolute Gasteiger partial charge is 0.264 e. The summed E-state index contributed by atoms with van der Waals surface area (Å²) >= 11 is 24.9. The number of hydrogen-bond acceptors (Lipinski definition) is 4. The van der Waals surface area contributed by atoms with Gasteiger partial charge in [0.1, 0.15) is 12.6 Å². The fourth-order valence-electron chi connectivity index (χ4n) is 3.74. The third-order valence-corrected chi connectivity index (χ3v) is 8.64. The Labute approximate surface area is 248 Å². The zero-order valence-corrected chi connectivity index (χ0v) is 25.2. The second-order valence-electron chi connectivity index (χ2n) is 9.02. The molecule has 3 aromatic rings. The summed E-state index contributed by atoms with van der Waals surface area (Å²) in [5, 5.41) is 3.83. The number of nitrogens with one attached hydrogen (secondary N) is 1. The lowest BCUT2D eigenvalue weighted by molar-refractivity contribution is -0.139. The van der Waals surface area contributed by atoms with Crippen molar-refractivity contribution in [3.05, 3.63) is 92.4 Å². The van der Waals surface area contributed by atoms with Gasteiger partial charge in [0.25, 0.3) is 10.0 Å². The highest BCUT2D eigenvalue weighted by atomic mass is 35.5. The molecule has 0 aromatic heterocycles. The van der Waals surface area contributed by atoms with E-state index in [0.29, 0.717) is 20.6 Å². The zero-order valence-electron chi connectivity index (χ0n) is 21.4. The molecule has 0 unspecified atom stereocenters. The molecule has 0 radical (unpaired) electrons. The van der Waals surface area contributed by atoms with Crippen molar-refractivity contribution in [1.82, 2.24) is 10.2 Å². The number of nitrogens with zero attached hydrogens (tertiary/aromatic N) is 2. The standard InChI is InChI=1S/C27H27Cl4N3O4S/c1-17(2)32-27(36)18(3)33(15-19-9-10-20(28)13-23(19)30)26(35)16-34(25-12-11-21(29)14-24(25)31)39(37,38)22-7-5-4-6-8-22/h4-14,17-18H,15-16H2,1-3H3,(H,32,36)/t18-/m0/s1. The summed E-state index contributed by atoms with van der Waals surface area (Å²) in [5.74, 6) is -1.07. The van der Waals surface area contributed by atoms with Crippen LogP contribution in [0.2, 0.25) is 20.1 Å². The molecular formula is C27H27Cl4N3O4S. The Balaban J connectivity index is 2.08. The van der Waals surface area contributed by atoms with Crippen LogP contribution in [0.15, 0.2) is 71.6 Å². The Bertz CT molecular complexity index is 1450. The average Bonchev–Trinajstić information content (AvgIpc) is 2.87. The molecule has 12 heteroatoms. The van der Waals surface area contributed by atoms with Crippen molar-refractivity contribution in [3.63, 3.8) is 0 Å². The molecule has 1 N–H and O–H groups in total. The minimum absolute atomic E-state index is 0.0349. The van der Waals surface area contributed by atoms with E-state index in [0.717, 1.165) is 4.31 Å². The SMILES string of the molecule is CC(C)NC(=O)[C@H](C)N(Cc1ccc(Cl)cc1Cl)C(=O)CN(c1ccc(Cl)cc1Cl)S(=O)(=O)c1ccccc1. The van der Waals surface area contributed by atoms with Gasteiger partial charge >= 0.3 is 0 Å². The van der Waals surface area contributed by atoms with Crippen molar-refractivity contribution in [2.24, 2.45) is 0 Å². The maximum absolute atomic E-state index is 13.9. The van der Waals surface area contributed by atoms with Crippen LogP contribution in [-0.2, 0) is 26.2 Å². The number of sulfonamides is 1. The minimum Gasteiger partial charge on any atom is -0.352 e. The second kappa shape index (κ2) is 13.2. The molecule has 0 fully saturated rings. The third-order valence-electron chi connectivity index (χ3n) is 5.74. The van der Waals surface area contributed by atoms with Gasteiger partial charge in [-0.1, -0.05) is 70.7 Å². The first-order valence-electron chi connectivity index (χ1n) is 11.9. The van der Waals surface area contributed by atoms with Crippen molar-refractivity contribution in [2.75, 3.05) is 10.8 Å². The van der Waals surface area contributed by atoms with Gasteiger partial charge in [-0.05, 0) is 68.8 Å². The first-order valence-corrected chi connectivity index (χ1v) is 14.8. The number of carbonyl (C=O) groups is 2. The van der Waals surface area contributed by atoms with Crippen molar-refractivity contribution >= 4 is 73.9 Å². The molecule has 0 aliphatic rings. The number of anilines is 1. The van der Waals surface area contributed by atoms with E-state index in [1.54, 1.807) is 51.1 Å². The first kappa shape index (κ1) is 31.0. The van der Waals surface area contributed by atoms with Crippen LogP contribution in [0.3, 0.4) is 0 Å². The van der Waals surface area contributed by atoms with Crippen LogP contribution < -0.4 is 9.62 Å². The van der Waals surface area contributed by atoms with Crippen LogP contribution in [0, 0.1) is 0 Å². The van der Waals surface area contributed by atoms with Crippen LogP contribution in [-0.4, -0.2) is 43.8 Å². The van der Waals surface area contributed by atoms with Gasteiger partial charge in [-0.15, -0.1) is 0 Å². The summed E-state index contributed by atoms with van der Waals surface area (Å²) in [6, 6.07) is 15.6. The molecule has 3 rings (SSSR count). The molecule has 7 nitrogen and oxygen atoms in total. The summed E-state index contributed by atoms with van der Waals surface area (Å²) in [6.07, 6.45) is 0. The van der Waals surface area contributed by atoms with E-state index in [9.17, 15) is 18.0 Å². The Morgan fingerprint density at radius 2 is 1.44 bits per heavy atom. The summed E-state index contributed by atoms with van der Waals surface area (Å²) in [7, 11) is -4.26. The second-order valence-corrected chi connectivity index (χ2v) is 12.6. The quantitative estimate of drug-likeness (QED) is 0.279. The Kier molecular flexibility index (Phi) is 10.5. The van der Waals surface area contributed by atoms with Gasteiger partial charge in [0.05, 0.1) is 15.6 Å². The lowest BCUT2D eigenvalue weighted by Crippen LogP contribution is -2.52. The maximum Gasteiger partial charge on any atom is 0.264 e. The van der Waals surface area contributed by atoms with Crippen LogP contribution in [0.1, 0.15) is 26.3 Å². The number of halogens is 4. The summed E-state index contributed by atoms with van der Waals surface area (Å²) in [6.45, 7) is 4.43. The molecule has 39 heavy (non-hydrogen) atoms. The van der Waals surface area contributed by atoms with E-state index in [1.165, 1.54) is 41.3 Å². The third kappa shape index (κ3) is 7.80. The normalized spacial score (nSPS) is 12.2. The minimum atomic E-state index is -4.26. The Morgan fingerprint density at radius 3 is 2.00 bits per heavy atom. The van der Waals surface area contributed by atoms with Crippen LogP contribution >= 0.6 is 46.4 Å². The molecular weight excluding hydrogens is 604 g/mol. The van der Waals surface area contributed by atoms with Crippen LogP contribution in [0.4, 0.5) is 5.69 Å². The van der Waals surface area contributed by atoms with E-state index in [4.69, 9.17) is 46.4 Å². The fraction of sp³-hybridized carbons (Fsp3) is 0.259. The average molecular weight is 631 g/mol. The molecule has 0 bridgehead atoms. The Hall–Kier alpha value is -2.49. The predicted octanol–water partition coefficient (Wildman–Crippen LogP) is 6.44. The van der Waals surface area contributed by atoms with E-state index in [-0.39, 0.29) is 28.2 Å². The number of carbonyl (C=O) groups excluding carboxylic acids is 2. The summed E-state index contributed by atoms with van der Waals surface area (Å²) in [4.78, 5) is 28.1. The largest absolute Gasteiger partial charge is 0.352 e. The lowest BCUT2D eigenvalue weighted by Gasteiger charge is -2.32. The van der Waals surface area contributed by atoms with E-state index < -0.39 is 34.4 Å². The van der Waals surface area contributed by atoms with Gasteiger partial charge < -0.3 is 10.2 Å². The lowest BCUT2D eigenvalue weighted by atomic mass is 10.1. The van der Waals surface area contributed by atoms with E-state index in [1.807, 2.05) is 0 Å². The van der Waals surface area contributed by atoms with Crippen molar-refractivity contribution in [2.45, 2.75) is 44.3 Å². The van der Waals surface area contributed by atoms with Crippen molar-refractivity contribution in [3.8, 4) is 0 Å². The number of hydrogen-bond donors (Lipinski definition) is 1. The molecule has 0 saturated heterocycles. The molecule has 0 heterocycles. The van der Waals surface area contributed by atoms with Gasteiger partial charge in [-0.3, -0.25) is 13.9 Å². The van der Waals surface area contributed by atoms with Crippen LogP contribution in [0.5, 0.6) is 0 Å². The topological polar surface area (TPSA) is 86.8 Å². The molecule has 0 aliphatic heterocycles. The highest BCUT2D eigenvalue weighted by molar-refractivity contribution is 7.92. The number of rotatable bonds is 10. The van der Waals surface area contributed by atoms with Gasteiger partial charge in [-0.25, -0.2) is 8.42 Å². The molecule has 2 amide bonds. The molecule has 208 valence electrons. The molecule has 0 aliphatic carbocycles. The van der Waals surface area contributed by atoms with E-state index >= 15 is 0 Å². The summed E-state index contributed by atoms with van der Waals surface area (Å²) in [5.41, 5.74) is 0.586. The summed E-state index contributed by atoms with van der Waals surface area (Å²) < 4.78 is 28.5. The van der Waals surface area contributed by atoms with Gasteiger partial charge in [0.2, 0.25) is 11.8 Å². The van der Waals surface area contributed by atoms with Crippen LogP contribution in [0.25, 0.3) is 0 Å². The first-order chi connectivity index (χ1) is 18.3. The molecule has 0 spiro atoms. The highest BCUT2D eigenvalue weighted by Crippen LogP contribution is 2.33. The predicted molar refractivity (Wildman–Crippen MR) is 157 cm³/mol. The molecule has 1 atom stereocenters. The highest BCUT2D eigenvalue weighted by Gasteiger charge is 2.33. The van der Waals surface area contributed by atoms with Gasteiger partial charge in [0, 0.05) is 27.7 Å². The zero-order chi connectivity index (χ0) is 28.9. The van der Waals surface area contributed by atoms with E-state index in [2.05, 4.69) is 5.32 Å². The van der Waals surface area contributed by atoms with Gasteiger partial charge in [-0.2, -0.15) is 0 Å². The maximum atomic E-state index is 13.9. The monoisotopic (exact) mass is 629 g/mol. The van der Waals surface area contributed by atoms with Gasteiger partial charge in [0.15, 0.2) is 0 Å². The fourth-order valence-corrected chi connectivity index (χ4v) is 6.22. The molecule has 0 saturated carbocycles. The Morgan fingerprint density at radius 1 is 0.846 bits per heavy atom. The number of amides is 2. The van der Waals surface area contributed by atoms with Crippen molar-refractivity contribution < 1.29 is 18.0 Å². The molecule has 3 aromatic carbocycles. The number of benzene rings is 3. The van der Waals surface area contributed by atoms with Crippen molar-refractivity contribution in [1.29, 1.82) is 0 Å².